The fourth-order valence-electron chi connectivity index (χ4n) is 5.66. The highest BCUT2D eigenvalue weighted by Gasteiger charge is 2.17. The molecule has 10 heteroatoms. The molecule has 0 N–H and O–H groups in total. The molecular weight excluding hydrogens is 645 g/mol. The Morgan fingerprint density at radius 2 is 0.500 bits per heavy atom. The van der Waals surface area contributed by atoms with Crippen molar-refractivity contribution in [2.45, 2.75) is 0 Å². The van der Waals surface area contributed by atoms with Crippen LogP contribution in [0.15, 0.2) is 84.9 Å². The molecule has 0 heterocycles. The molecule has 0 saturated carbocycles. The van der Waals surface area contributed by atoms with E-state index in [0.29, 0.717) is 33.4 Å². The highest BCUT2D eigenvalue weighted by atomic mass is 14.3. The zero-order valence-corrected chi connectivity index (χ0v) is 26.6. The van der Waals surface area contributed by atoms with Crippen molar-refractivity contribution in [3.63, 3.8) is 0 Å². The minimum Gasteiger partial charge on any atom is -0.192 e. The molecule has 0 saturated heterocycles. The lowest BCUT2D eigenvalue weighted by Gasteiger charge is -2.13. The Balaban J connectivity index is 1.93. The molecule has 0 atom stereocenters. The molecule has 0 amide bonds. The van der Waals surface area contributed by atoms with E-state index in [1.165, 1.54) is 36.4 Å². The third-order valence-electron chi connectivity index (χ3n) is 7.94. The first-order chi connectivity index (χ1) is 25.3. The van der Waals surface area contributed by atoms with Gasteiger partial charge in [-0.2, -0.15) is 52.6 Å². The van der Waals surface area contributed by atoms with E-state index in [1.807, 2.05) is 48.6 Å². The first kappa shape index (κ1) is 34.1. The number of benzene rings is 5. The van der Waals surface area contributed by atoms with Crippen molar-refractivity contribution in [3.05, 3.63) is 129 Å². The standard InChI is InChI=1S/C42H14N10/c43-15-25-1-26(16-44)4-31(3-25)33-7-29(19-47)9-35(11-33)39-13-42(38(23-51)24-52)40(14-41(39)37(21-49)22-50)36-10-30(20-48)8-34(12-36)32-5-27(17-45)2-28(6-32)18-46/h1-14H. The predicted octanol–water partition coefficient (Wildman–Crippen LogP) is 5.98. The average Bonchev–Trinajstić information content (AvgIpc) is 3.20. The number of nitriles is 10. The van der Waals surface area contributed by atoms with Crippen LogP contribution in [0.25, 0.3) is 55.7 Å². The smallest absolute Gasteiger partial charge is 0.137 e. The summed E-state index contributed by atoms with van der Waals surface area (Å²) >= 11 is 0. The molecule has 0 aliphatic carbocycles. The molecule has 52 heavy (non-hydrogen) atoms. The van der Waals surface area contributed by atoms with Crippen LogP contribution in [0.1, 0.15) is 33.4 Å². The van der Waals surface area contributed by atoms with Crippen LogP contribution in [0.5, 0.6) is 0 Å². The highest BCUT2D eigenvalue weighted by Crippen LogP contribution is 2.31. The lowest BCUT2D eigenvalue weighted by molar-refractivity contribution is 1.42. The molecule has 0 radical (unpaired) electrons. The summed E-state index contributed by atoms with van der Waals surface area (Å²) in [7, 11) is 0. The Morgan fingerprint density at radius 3 is 0.750 bits per heavy atom. The van der Waals surface area contributed by atoms with Crippen molar-refractivity contribution >= 4 is 11.1 Å². The molecule has 5 rings (SSSR count). The maximum atomic E-state index is 10.1. The Bertz CT molecular complexity index is 2670. The summed E-state index contributed by atoms with van der Waals surface area (Å²) in [5.41, 5.74) is 3.30. The zero-order valence-electron chi connectivity index (χ0n) is 26.6. The van der Waals surface area contributed by atoms with Crippen LogP contribution in [0.3, 0.4) is 0 Å². The second-order valence-corrected chi connectivity index (χ2v) is 11.0. The second kappa shape index (κ2) is 14.7. The maximum absolute atomic E-state index is 10.1. The third kappa shape index (κ3) is 6.60. The van der Waals surface area contributed by atoms with Gasteiger partial charge in [-0.25, -0.2) is 0 Å². The van der Waals surface area contributed by atoms with E-state index < -0.39 is 0 Å². The molecule has 0 unspecified atom stereocenters. The molecule has 5 aromatic rings. The largest absolute Gasteiger partial charge is 0.192 e. The van der Waals surface area contributed by atoms with Gasteiger partial charge in [0.1, 0.15) is 35.4 Å². The van der Waals surface area contributed by atoms with Gasteiger partial charge in [0, 0.05) is 10.4 Å². The van der Waals surface area contributed by atoms with E-state index in [4.69, 9.17) is 0 Å². The predicted molar refractivity (Wildman–Crippen MR) is 185 cm³/mol. The molecule has 0 aliphatic heterocycles. The molecule has 0 spiro atoms. The topological polar surface area (TPSA) is 238 Å². The first-order valence-electron chi connectivity index (χ1n) is 14.8. The summed E-state index contributed by atoms with van der Waals surface area (Å²) in [6, 6.07) is 41.0. The number of hydrogen-bond acceptors (Lipinski definition) is 10. The molecule has 10 nitrogen and oxygen atoms in total. The quantitative estimate of drug-likeness (QED) is 0.219. The SMILES string of the molecule is N#CC(C#N)=c1cc(-c2cc(C#N)cc(-c3cc(C#N)cc(C#N)c3)c2)c(=C(C#N)C#N)cc1-c1cc(C#N)cc(-c2cc(C#N)cc(C#N)c2)c1. The third-order valence-corrected chi connectivity index (χ3v) is 7.94. The van der Waals surface area contributed by atoms with Crippen LogP contribution in [-0.2, 0) is 0 Å². The summed E-state index contributed by atoms with van der Waals surface area (Å²) in [5.74, 6) is 0. The minimum atomic E-state index is -0.336. The summed E-state index contributed by atoms with van der Waals surface area (Å²) in [4.78, 5) is 0. The highest BCUT2D eigenvalue weighted by molar-refractivity contribution is 5.88. The van der Waals surface area contributed by atoms with Gasteiger partial charge in [0.05, 0.1) is 69.8 Å². The van der Waals surface area contributed by atoms with Gasteiger partial charge in [-0.15, -0.1) is 0 Å². The molecule has 5 aromatic carbocycles. The fraction of sp³-hybridized carbons (Fsp3) is 0. The Labute approximate surface area is 297 Å². The van der Waals surface area contributed by atoms with E-state index in [9.17, 15) is 52.6 Å². The van der Waals surface area contributed by atoms with Gasteiger partial charge >= 0.3 is 0 Å². The van der Waals surface area contributed by atoms with Crippen LogP contribution in [-0.4, -0.2) is 0 Å². The van der Waals surface area contributed by atoms with Gasteiger partial charge < -0.3 is 0 Å². The van der Waals surface area contributed by atoms with Crippen LogP contribution < -0.4 is 10.4 Å². The Morgan fingerprint density at radius 1 is 0.269 bits per heavy atom. The lowest BCUT2D eigenvalue weighted by Crippen LogP contribution is -2.19. The Kier molecular flexibility index (Phi) is 9.61. The summed E-state index contributed by atoms with van der Waals surface area (Å²) in [6.45, 7) is 0. The van der Waals surface area contributed by atoms with Crippen molar-refractivity contribution in [2.24, 2.45) is 0 Å². The number of nitrogens with zero attached hydrogens (tertiary/aromatic N) is 10. The van der Waals surface area contributed by atoms with E-state index in [2.05, 4.69) is 12.1 Å². The molecule has 0 bridgehead atoms. The van der Waals surface area contributed by atoms with E-state index in [0.717, 1.165) is 0 Å². The van der Waals surface area contributed by atoms with Crippen molar-refractivity contribution in [1.82, 2.24) is 0 Å². The summed E-state index contributed by atoms with van der Waals surface area (Å²) in [5, 5.41) is 98.7. The van der Waals surface area contributed by atoms with Gasteiger partial charge in [-0.05, 0) is 129 Å². The number of hydrogen-bond donors (Lipinski definition) is 0. The number of rotatable bonds is 4. The van der Waals surface area contributed by atoms with Crippen molar-refractivity contribution in [3.8, 4) is 105 Å². The maximum Gasteiger partial charge on any atom is 0.137 e. The van der Waals surface area contributed by atoms with Gasteiger partial charge in [-0.3, -0.25) is 0 Å². The molecular formula is C42H14N10. The lowest BCUT2D eigenvalue weighted by atomic mass is 9.88. The van der Waals surface area contributed by atoms with Crippen LogP contribution in [0, 0.1) is 113 Å². The van der Waals surface area contributed by atoms with Crippen LogP contribution in [0.4, 0.5) is 0 Å². The van der Waals surface area contributed by atoms with Crippen molar-refractivity contribution < 1.29 is 0 Å². The monoisotopic (exact) mass is 658 g/mol. The van der Waals surface area contributed by atoms with Gasteiger partial charge in [-0.1, -0.05) is 0 Å². The van der Waals surface area contributed by atoms with Gasteiger partial charge in [0.15, 0.2) is 0 Å². The van der Waals surface area contributed by atoms with E-state index >= 15 is 0 Å². The normalized spacial score (nSPS) is 9.35. The molecule has 232 valence electrons. The van der Waals surface area contributed by atoms with Crippen molar-refractivity contribution in [1.29, 1.82) is 52.6 Å². The summed E-state index contributed by atoms with van der Waals surface area (Å²) < 4.78 is 0. The van der Waals surface area contributed by atoms with Gasteiger partial charge in [0.25, 0.3) is 0 Å². The first-order valence-corrected chi connectivity index (χ1v) is 14.8. The molecule has 0 aromatic heterocycles. The van der Waals surface area contributed by atoms with Crippen LogP contribution in [0.2, 0.25) is 0 Å². The zero-order chi connectivity index (χ0) is 37.4. The summed E-state index contributed by atoms with van der Waals surface area (Å²) in [6.07, 6.45) is 0. The van der Waals surface area contributed by atoms with E-state index in [-0.39, 0.29) is 66.1 Å². The van der Waals surface area contributed by atoms with Crippen molar-refractivity contribution in [2.75, 3.05) is 0 Å². The Hall–Kier alpha value is -9.26. The minimum absolute atomic E-state index is 0.0886. The molecule has 0 aliphatic rings. The van der Waals surface area contributed by atoms with E-state index in [1.54, 1.807) is 48.5 Å². The van der Waals surface area contributed by atoms with Gasteiger partial charge in [0.2, 0.25) is 0 Å². The average molecular weight is 659 g/mol. The second-order valence-electron chi connectivity index (χ2n) is 11.0. The fourth-order valence-corrected chi connectivity index (χ4v) is 5.66. The molecule has 0 fully saturated rings. The van der Waals surface area contributed by atoms with Crippen LogP contribution >= 0.6 is 0 Å².